The number of aryl methyl sites for hydroxylation is 2. The third kappa shape index (κ3) is 2.82. The summed E-state index contributed by atoms with van der Waals surface area (Å²) in [5, 5.41) is 10.1. The number of ether oxygens (including phenoxy) is 1. The first kappa shape index (κ1) is 15.6. The van der Waals surface area contributed by atoms with E-state index in [2.05, 4.69) is 0 Å². The fourth-order valence-electron chi connectivity index (χ4n) is 2.90. The molecule has 0 spiro atoms. The summed E-state index contributed by atoms with van der Waals surface area (Å²) in [5.74, 6) is -1.26. The highest BCUT2D eigenvalue weighted by Gasteiger charge is 2.32. The van der Waals surface area contributed by atoms with Gasteiger partial charge in [0.15, 0.2) is 6.04 Å². The Labute approximate surface area is 133 Å². The van der Waals surface area contributed by atoms with E-state index in [0.717, 1.165) is 27.7 Å². The lowest BCUT2D eigenvalue weighted by Crippen LogP contribution is -2.53. The average molecular weight is 317 g/mol. The van der Waals surface area contributed by atoms with Gasteiger partial charge in [0.25, 0.3) is 0 Å². The minimum absolute atomic E-state index is 0.0332. The maximum atomic E-state index is 12.5. The molecule has 1 N–H and O–H groups in total. The molecule has 2 heterocycles. The van der Waals surface area contributed by atoms with Crippen molar-refractivity contribution in [2.45, 2.75) is 26.3 Å². The average Bonchev–Trinajstić information content (AvgIpc) is 2.94. The van der Waals surface area contributed by atoms with Crippen LogP contribution >= 0.6 is 0 Å². The number of nitrogens with zero attached hydrogens (tertiary/aromatic N) is 1. The fourth-order valence-corrected chi connectivity index (χ4v) is 2.90. The first-order valence-electron chi connectivity index (χ1n) is 7.55. The highest BCUT2D eigenvalue weighted by molar-refractivity contribution is 5.91. The van der Waals surface area contributed by atoms with Gasteiger partial charge in [0.2, 0.25) is 5.91 Å². The molecular formula is C17H19NO5. The number of amides is 1. The first-order chi connectivity index (χ1) is 11.0. The van der Waals surface area contributed by atoms with Crippen LogP contribution in [-0.4, -0.2) is 47.7 Å². The fraction of sp³-hybridized carbons (Fsp3) is 0.412. The van der Waals surface area contributed by atoms with Gasteiger partial charge in [-0.3, -0.25) is 4.79 Å². The van der Waals surface area contributed by atoms with Crippen LogP contribution in [0.1, 0.15) is 16.7 Å². The smallest absolute Gasteiger partial charge is 0.328 e. The highest BCUT2D eigenvalue weighted by Crippen LogP contribution is 2.27. The lowest BCUT2D eigenvalue weighted by atomic mass is 10.0. The highest BCUT2D eigenvalue weighted by atomic mass is 16.5. The molecule has 2 aromatic rings. The van der Waals surface area contributed by atoms with E-state index in [1.807, 2.05) is 26.0 Å². The Morgan fingerprint density at radius 3 is 2.87 bits per heavy atom. The van der Waals surface area contributed by atoms with E-state index in [-0.39, 0.29) is 18.9 Å². The van der Waals surface area contributed by atoms with Gasteiger partial charge in [0.05, 0.1) is 25.9 Å². The summed E-state index contributed by atoms with van der Waals surface area (Å²) >= 11 is 0. The molecule has 1 aliphatic heterocycles. The van der Waals surface area contributed by atoms with Crippen molar-refractivity contribution in [3.05, 3.63) is 35.1 Å². The molecule has 0 saturated carbocycles. The maximum Gasteiger partial charge on any atom is 0.328 e. The Morgan fingerprint density at radius 2 is 2.13 bits per heavy atom. The van der Waals surface area contributed by atoms with Crippen LogP contribution in [0.5, 0.6) is 0 Å². The largest absolute Gasteiger partial charge is 0.480 e. The number of rotatable bonds is 3. The number of carboxylic acids is 1. The molecule has 6 nitrogen and oxygen atoms in total. The molecule has 1 aromatic carbocycles. The Balaban J connectivity index is 1.85. The number of benzene rings is 1. The van der Waals surface area contributed by atoms with Crippen molar-refractivity contribution < 1.29 is 23.8 Å². The van der Waals surface area contributed by atoms with Crippen LogP contribution < -0.4 is 0 Å². The van der Waals surface area contributed by atoms with Gasteiger partial charge in [0, 0.05) is 17.5 Å². The van der Waals surface area contributed by atoms with Gasteiger partial charge in [-0.2, -0.15) is 0 Å². The molecule has 1 amide bonds. The molecule has 0 radical (unpaired) electrons. The SMILES string of the molecule is Cc1ccc2c(CC(=O)N3CCOC[C@@H]3C(=O)O)coc2c1C. The van der Waals surface area contributed by atoms with Crippen LogP contribution in [-0.2, 0) is 20.7 Å². The number of hydrogen-bond acceptors (Lipinski definition) is 4. The van der Waals surface area contributed by atoms with Crippen LogP contribution in [0.25, 0.3) is 11.0 Å². The molecule has 6 heteroatoms. The molecule has 1 fully saturated rings. The van der Waals surface area contributed by atoms with Crippen molar-refractivity contribution in [1.29, 1.82) is 0 Å². The van der Waals surface area contributed by atoms with Crippen LogP contribution in [0.4, 0.5) is 0 Å². The summed E-state index contributed by atoms with van der Waals surface area (Å²) in [5.41, 5.74) is 3.74. The molecule has 1 atom stereocenters. The van der Waals surface area contributed by atoms with E-state index in [9.17, 15) is 14.7 Å². The van der Waals surface area contributed by atoms with E-state index >= 15 is 0 Å². The molecular weight excluding hydrogens is 298 g/mol. The summed E-state index contributed by atoms with van der Waals surface area (Å²) < 4.78 is 10.8. The van der Waals surface area contributed by atoms with Crippen molar-refractivity contribution in [2.24, 2.45) is 0 Å². The lowest BCUT2D eigenvalue weighted by Gasteiger charge is -2.32. The van der Waals surface area contributed by atoms with Gasteiger partial charge in [-0.1, -0.05) is 12.1 Å². The summed E-state index contributed by atoms with van der Waals surface area (Å²) in [6.07, 6.45) is 1.71. The predicted molar refractivity (Wildman–Crippen MR) is 83.3 cm³/mol. The summed E-state index contributed by atoms with van der Waals surface area (Å²) in [6.45, 7) is 4.68. The van der Waals surface area contributed by atoms with Gasteiger partial charge in [-0.05, 0) is 25.0 Å². The second kappa shape index (κ2) is 6.04. The van der Waals surface area contributed by atoms with Crippen molar-refractivity contribution in [2.75, 3.05) is 19.8 Å². The Kier molecular flexibility index (Phi) is 4.09. The standard InChI is InChI=1S/C17H19NO5/c1-10-3-4-13-12(8-23-16(13)11(10)2)7-15(19)18-5-6-22-9-14(18)17(20)21/h3-4,8,14H,5-7,9H2,1-2H3,(H,20,21)/t14-/m1/s1. The van der Waals surface area contributed by atoms with Gasteiger partial charge in [-0.25, -0.2) is 4.79 Å². The van der Waals surface area contributed by atoms with E-state index in [1.165, 1.54) is 4.90 Å². The summed E-state index contributed by atoms with van der Waals surface area (Å²) in [7, 11) is 0. The second-order valence-electron chi connectivity index (χ2n) is 5.84. The van der Waals surface area contributed by atoms with Gasteiger partial charge >= 0.3 is 5.97 Å². The molecule has 3 rings (SSSR count). The first-order valence-corrected chi connectivity index (χ1v) is 7.55. The zero-order valence-electron chi connectivity index (χ0n) is 13.2. The van der Waals surface area contributed by atoms with E-state index < -0.39 is 12.0 Å². The zero-order chi connectivity index (χ0) is 16.6. The van der Waals surface area contributed by atoms with Gasteiger partial charge in [0.1, 0.15) is 5.58 Å². The third-order valence-corrected chi connectivity index (χ3v) is 4.42. The molecule has 0 aliphatic carbocycles. The van der Waals surface area contributed by atoms with Crippen molar-refractivity contribution in [3.63, 3.8) is 0 Å². The topological polar surface area (TPSA) is 80.0 Å². The maximum absolute atomic E-state index is 12.5. The Hall–Kier alpha value is -2.34. The van der Waals surface area contributed by atoms with Crippen LogP contribution in [0.3, 0.4) is 0 Å². The van der Waals surface area contributed by atoms with Crippen molar-refractivity contribution in [3.8, 4) is 0 Å². The molecule has 1 saturated heterocycles. The minimum Gasteiger partial charge on any atom is -0.480 e. The van der Waals surface area contributed by atoms with E-state index in [1.54, 1.807) is 6.26 Å². The molecule has 0 bridgehead atoms. The summed E-state index contributed by atoms with van der Waals surface area (Å²) in [6, 6.07) is 3.02. The van der Waals surface area contributed by atoms with Crippen molar-refractivity contribution in [1.82, 2.24) is 4.90 Å². The zero-order valence-corrected chi connectivity index (χ0v) is 13.2. The molecule has 1 aliphatic rings. The van der Waals surface area contributed by atoms with Gasteiger partial charge in [-0.15, -0.1) is 0 Å². The minimum atomic E-state index is -1.04. The number of aliphatic carboxylic acids is 1. The monoisotopic (exact) mass is 317 g/mol. The number of carbonyl (C=O) groups is 2. The van der Waals surface area contributed by atoms with Crippen molar-refractivity contribution >= 4 is 22.8 Å². The Bertz CT molecular complexity index is 764. The molecule has 0 unspecified atom stereocenters. The number of furan rings is 1. The van der Waals surface area contributed by atoms with E-state index in [4.69, 9.17) is 9.15 Å². The molecule has 1 aromatic heterocycles. The van der Waals surface area contributed by atoms with E-state index in [0.29, 0.717) is 13.2 Å². The Morgan fingerprint density at radius 1 is 1.35 bits per heavy atom. The normalized spacial score (nSPS) is 18.3. The second-order valence-corrected chi connectivity index (χ2v) is 5.84. The number of morpholine rings is 1. The van der Waals surface area contributed by atoms with Crippen LogP contribution in [0.15, 0.2) is 22.8 Å². The molecule has 23 heavy (non-hydrogen) atoms. The number of carbonyl (C=O) groups excluding carboxylic acids is 1. The quantitative estimate of drug-likeness (QED) is 0.935. The van der Waals surface area contributed by atoms with Gasteiger partial charge < -0.3 is 19.2 Å². The van der Waals surface area contributed by atoms with Crippen LogP contribution in [0.2, 0.25) is 0 Å². The molecule has 122 valence electrons. The third-order valence-electron chi connectivity index (χ3n) is 4.42. The number of hydrogen-bond donors (Lipinski definition) is 1. The summed E-state index contributed by atoms with van der Waals surface area (Å²) in [4.78, 5) is 25.2. The van der Waals surface area contributed by atoms with Crippen LogP contribution in [0, 0.1) is 13.8 Å². The lowest BCUT2D eigenvalue weighted by molar-refractivity contribution is -0.157. The number of fused-ring (bicyclic) bond motifs is 1. The number of carboxylic acid groups (broad SMARTS) is 1. The predicted octanol–water partition coefficient (Wildman–Crippen LogP) is 1.90.